The number of nitrogen functional groups attached to an aromatic ring is 1. The first-order chi connectivity index (χ1) is 13.0. The minimum Gasteiger partial charge on any atom is -0.478 e. The first-order valence-corrected chi connectivity index (χ1v) is 8.24. The minimum absolute atomic E-state index is 0.104. The maximum atomic E-state index is 11.3. The van der Waals surface area contributed by atoms with E-state index in [9.17, 15) is 20.4 Å². The van der Waals surface area contributed by atoms with E-state index in [0.717, 1.165) is 0 Å². The zero-order valence-corrected chi connectivity index (χ0v) is 14.5. The van der Waals surface area contributed by atoms with Gasteiger partial charge < -0.3 is 10.8 Å². The normalized spacial score (nSPS) is 19.0. The van der Waals surface area contributed by atoms with Gasteiger partial charge in [0.15, 0.2) is 0 Å². The molecule has 1 aliphatic rings. The number of nitrogens with two attached hydrogens (primary N) is 1. The SMILES string of the molecule is CC1=NC(c2cccc(N)c2)=C(C#N)C(c2cccc(C(=O)O)c2)C1C#N. The van der Waals surface area contributed by atoms with Gasteiger partial charge in [0, 0.05) is 22.9 Å². The summed E-state index contributed by atoms with van der Waals surface area (Å²) < 4.78 is 0. The van der Waals surface area contributed by atoms with Crippen molar-refractivity contribution in [2.45, 2.75) is 12.8 Å². The molecule has 1 aliphatic heterocycles. The lowest BCUT2D eigenvalue weighted by Crippen LogP contribution is -2.25. The van der Waals surface area contributed by atoms with Crippen LogP contribution in [0.25, 0.3) is 5.70 Å². The summed E-state index contributed by atoms with van der Waals surface area (Å²) in [5, 5.41) is 28.8. The summed E-state index contributed by atoms with van der Waals surface area (Å²) in [4.78, 5) is 15.9. The molecule has 3 rings (SSSR count). The van der Waals surface area contributed by atoms with Crippen molar-refractivity contribution in [1.29, 1.82) is 10.5 Å². The third kappa shape index (κ3) is 3.29. The number of benzene rings is 2. The molecule has 6 nitrogen and oxygen atoms in total. The number of aromatic carboxylic acids is 1. The zero-order valence-electron chi connectivity index (χ0n) is 14.5. The molecule has 2 aromatic carbocycles. The number of carbonyl (C=O) groups is 1. The summed E-state index contributed by atoms with van der Waals surface area (Å²) in [6.07, 6.45) is 0. The van der Waals surface area contributed by atoms with Crippen LogP contribution >= 0.6 is 0 Å². The van der Waals surface area contributed by atoms with Crippen molar-refractivity contribution in [1.82, 2.24) is 0 Å². The Morgan fingerprint density at radius 2 is 1.93 bits per heavy atom. The minimum atomic E-state index is -1.06. The second kappa shape index (κ2) is 7.15. The quantitative estimate of drug-likeness (QED) is 0.813. The molecule has 0 amide bonds. The van der Waals surface area contributed by atoms with Crippen molar-refractivity contribution in [2.24, 2.45) is 10.9 Å². The molecule has 0 saturated carbocycles. The molecule has 0 radical (unpaired) electrons. The summed E-state index contributed by atoms with van der Waals surface area (Å²) in [7, 11) is 0. The summed E-state index contributed by atoms with van der Waals surface area (Å²) in [6.45, 7) is 1.74. The molecular weight excluding hydrogens is 340 g/mol. The molecule has 2 atom stereocenters. The van der Waals surface area contributed by atoms with Crippen LogP contribution in [0, 0.1) is 28.6 Å². The van der Waals surface area contributed by atoms with Gasteiger partial charge in [-0.2, -0.15) is 10.5 Å². The Hall–Kier alpha value is -3.90. The fourth-order valence-corrected chi connectivity index (χ4v) is 3.28. The van der Waals surface area contributed by atoms with Crippen LogP contribution in [0.3, 0.4) is 0 Å². The summed E-state index contributed by atoms with van der Waals surface area (Å²) in [6, 6.07) is 17.8. The van der Waals surface area contributed by atoms with E-state index in [1.165, 1.54) is 12.1 Å². The largest absolute Gasteiger partial charge is 0.478 e. The third-order valence-electron chi connectivity index (χ3n) is 4.55. The molecule has 0 spiro atoms. The van der Waals surface area contributed by atoms with E-state index in [-0.39, 0.29) is 5.56 Å². The van der Waals surface area contributed by atoms with Gasteiger partial charge in [0.05, 0.1) is 34.9 Å². The van der Waals surface area contributed by atoms with Crippen molar-refractivity contribution in [3.05, 3.63) is 70.8 Å². The van der Waals surface area contributed by atoms with Gasteiger partial charge in [-0.25, -0.2) is 4.79 Å². The lowest BCUT2D eigenvalue weighted by atomic mass is 9.75. The highest BCUT2D eigenvalue weighted by molar-refractivity contribution is 5.97. The highest BCUT2D eigenvalue weighted by Gasteiger charge is 2.35. The van der Waals surface area contributed by atoms with Gasteiger partial charge in [-0.05, 0) is 36.8 Å². The van der Waals surface area contributed by atoms with E-state index in [4.69, 9.17) is 5.73 Å². The predicted molar refractivity (Wildman–Crippen MR) is 102 cm³/mol. The van der Waals surface area contributed by atoms with Crippen LogP contribution in [-0.2, 0) is 0 Å². The Morgan fingerprint density at radius 3 is 2.56 bits per heavy atom. The van der Waals surface area contributed by atoms with E-state index in [1.807, 2.05) is 0 Å². The van der Waals surface area contributed by atoms with Crippen LogP contribution < -0.4 is 5.73 Å². The number of nitrogens with zero attached hydrogens (tertiary/aromatic N) is 3. The lowest BCUT2D eigenvalue weighted by Gasteiger charge is -2.28. The molecule has 6 heteroatoms. The fourth-order valence-electron chi connectivity index (χ4n) is 3.28. The van der Waals surface area contributed by atoms with Crippen LogP contribution in [0.2, 0.25) is 0 Å². The molecule has 132 valence electrons. The van der Waals surface area contributed by atoms with Crippen molar-refractivity contribution >= 4 is 23.1 Å². The zero-order chi connectivity index (χ0) is 19.6. The highest BCUT2D eigenvalue weighted by Crippen LogP contribution is 2.41. The van der Waals surface area contributed by atoms with E-state index >= 15 is 0 Å². The standard InChI is InChI=1S/C21H16N4O2/c1-12-17(10-22)19(13-4-2-6-15(8-13)21(26)27)18(11-23)20(25-12)14-5-3-7-16(24)9-14/h2-9,17,19H,24H2,1H3,(H,26,27). The van der Waals surface area contributed by atoms with Crippen molar-refractivity contribution < 1.29 is 9.90 Å². The molecule has 0 fully saturated rings. The monoisotopic (exact) mass is 356 g/mol. The van der Waals surface area contributed by atoms with E-state index in [1.54, 1.807) is 43.3 Å². The Balaban J connectivity index is 2.25. The number of aliphatic imine (C=N–C) groups is 1. The van der Waals surface area contributed by atoms with Gasteiger partial charge in [0.1, 0.15) is 0 Å². The molecule has 0 saturated heterocycles. The van der Waals surface area contributed by atoms with E-state index in [0.29, 0.717) is 33.8 Å². The van der Waals surface area contributed by atoms with Gasteiger partial charge in [-0.15, -0.1) is 0 Å². The molecule has 1 heterocycles. The van der Waals surface area contributed by atoms with Gasteiger partial charge >= 0.3 is 5.97 Å². The summed E-state index contributed by atoms with van der Waals surface area (Å²) >= 11 is 0. The third-order valence-corrected chi connectivity index (χ3v) is 4.55. The number of nitriles is 2. The second-order valence-corrected chi connectivity index (χ2v) is 6.27. The first-order valence-electron chi connectivity index (χ1n) is 8.24. The lowest BCUT2D eigenvalue weighted by molar-refractivity contribution is 0.0696. The highest BCUT2D eigenvalue weighted by atomic mass is 16.4. The summed E-state index contributed by atoms with van der Waals surface area (Å²) in [5.41, 5.74) is 9.13. The molecule has 0 bridgehead atoms. The van der Waals surface area contributed by atoms with Crippen LogP contribution in [0.5, 0.6) is 0 Å². The number of rotatable bonds is 3. The Bertz CT molecular complexity index is 1070. The molecular formula is C21H16N4O2. The van der Waals surface area contributed by atoms with Crippen LogP contribution in [0.4, 0.5) is 5.69 Å². The molecule has 2 aromatic rings. The number of carboxylic acid groups (broad SMARTS) is 1. The predicted octanol–water partition coefficient (Wildman–Crippen LogP) is 3.60. The number of anilines is 1. The van der Waals surface area contributed by atoms with Gasteiger partial charge in [-0.1, -0.05) is 24.3 Å². The van der Waals surface area contributed by atoms with Crippen LogP contribution in [0.15, 0.2) is 59.1 Å². The number of carboxylic acids is 1. The van der Waals surface area contributed by atoms with Crippen LogP contribution in [0.1, 0.15) is 34.3 Å². The molecule has 0 aromatic heterocycles. The molecule has 3 N–H and O–H groups in total. The van der Waals surface area contributed by atoms with E-state index < -0.39 is 17.8 Å². The Kier molecular flexibility index (Phi) is 4.74. The molecule has 2 unspecified atom stereocenters. The fraction of sp³-hybridized carbons (Fsp3) is 0.143. The number of hydrogen-bond donors (Lipinski definition) is 2. The smallest absolute Gasteiger partial charge is 0.335 e. The molecule has 27 heavy (non-hydrogen) atoms. The number of hydrogen-bond acceptors (Lipinski definition) is 5. The van der Waals surface area contributed by atoms with Crippen LogP contribution in [-0.4, -0.2) is 16.8 Å². The summed E-state index contributed by atoms with van der Waals surface area (Å²) in [5.74, 6) is -2.33. The topological polar surface area (TPSA) is 123 Å². The number of allylic oxidation sites excluding steroid dienone is 1. The average molecular weight is 356 g/mol. The second-order valence-electron chi connectivity index (χ2n) is 6.27. The van der Waals surface area contributed by atoms with Crippen molar-refractivity contribution in [3.8, 4) is 12.1 Å². The van der Waals surface area contributed by atoms with Crippen molar-refractivity contribution in [2.75, 3.05) is 5.73 Å². The average Bonchev–Trinajstić information content (AvgIpc) is 2.67. The first kappa shape index (κ1) is 17.9. The Labute approximate surface area is 156 Å². The van der Waals surface area contributed by atoms with Crippen molar-refractivity contribution in [3.63, 3.8) is 0 Å². The Morgan fingerprint density at radius 1 is 1.19 bits per heavy atom. The maximum absolute atomic E-state index is 11.3. The van der Waals surface area contributed by atoms with Gasteiger partial charge in [-0.3, -0.25) is 4.99 Å². The maximum Gasteiger partial charge on any atom is 0.335 e. The van der Waals surface area contributed by atoms with E-state index in [2.05, 4.69) is 17.1 Å². The molecule has 0 aliphatic carbocycles. The van der Waals surface area contributed by atoms with Gasteiger partial charge in [0.25, 0.3) is 0 Å². The van der Waals surface area contributed by atoms with Gasteiger partial charge in [0.2, 0.25) is 0 Å².